The molecule has 9 heteroatoms. The van der Waals surface area contributed by atoms with Crippen LogP contribution in [0.2, 0.25) is 0 Å². The van der Waals surface area contributed by atoms with Crippen LogP contribution in [0.1, 0.15) is 23.6 Å². The molecule has 0 saturated carbocycles. The molecule has 1 aromatic heterocycles. The normalized spacial score (nSPS) is 17.0. The number of amides is 1. The van der Waals surface area contributed by atoms with Crippen LogP contribution in [0.4, 0.5) is 5.69 Å². The third-order valence-corrected chi connectivity index (χ3v) is 9.58. The molecule has 0 spiro atoms. The van der Waals surface area contributed by atoms with E-state index in [2.05, 4.69) is 10.6 Å². The van der Waals surface area contributed by atoms with Crippen LogP contribution in [0.25, 0.3) is 22.6 Å². The highest BCUT2D eigenvalue weighted by atomic mass is 32.2. The molecule has 3 heterocycles. The Hall–Kier alpha value is -3.92. The van der Waals surface area contributed by atoms with Gasteiger partial charge in [-0.15, -0.1) is 0 Å². The smallest absolute Gasteiger partial charge is 0.258 e. The summed E-state index contributed by atoms with van der Waals surface area (Å²) in [5.41, 5.74) is 4.95. The van der Waals surface area contributed by atoms with Crippen molar-refractivity contribution in [1.29, 1.82) is 0 Å². The fraction of sp³-hybridized carbons (Fsp3) is 0.281. The lowest BCUT2D eigenvalue weighted by atomic mass is 10.0. The number of hydrogen-bond donors (Lipinski definition) is 0. The van der Waals surface area contributed by atoms with Gasteiger partial charge in [0, 0.05) is 53.4 Å². The quantitative estimate of drug-likeness (QED) is 0.280. The van der Waals surface area contributed by atoms with Gasteiger partial charge in [0.2, 0.25) is 10.0 Å². The first kappa shape index (κ1) is 27.3. The number of hydrogen-bond acceptors (Lipinski definition) is 5. The van der Waals surface area contributed by atoms with E-state index in [0.717, 1.165) is 27.9 Å². The lowest BCUT2D eigenvalue weighted by Crippen LogP contribution is -2.40. The molecular formula is C32H33N3O5S. The van der Waals surface area contributed by atoms with Crippen molar-refractivity contribution < 1.29 is 22.7 Å². The number of sulfonamides is 1. The third kappa shape index (κ3) is 5.16. The average molecular weight is 572 g/mol. The van der Waals surface area contributed by atoms with E-state index in [1.807, 2.05) is 68.6 Å². The lowest BCUT2D eigenvalue weighted by molar-refractivity contribution is -0.112. The van der Waals surface area contributed by atoms with E-state index in [9.17, 15) is 13.2 Å². The topological polar surface area (TPSA) is 81.1 Å². The van der Waals surface area contributed by atoms with Gasteiger partial charge in [0.1, 0.15) is 12.4 Å². The number of fused-ring (bicyclic) bond motifs is 2. The van der Waals surface area contributed by atoms with E-state index < -0.39 is 10.0 Å². The van der Waals surface area contributed by atoms with Crippen LogP contribution in [0.3, 0.4) is 0 Å². The molecule has 3 aromatic carbocycles. The number of aromatic nitrogens is 1. The van der Waals surface area contributed by atoms with Crippen LogP contribution in [-0.2, 0) is 26.1 Å². The Balaban J connectivity index is 1.35. The second-order valence-corrected chi connectivity index (χ2v) is 12.2. The Labute approximate surface area is 240 Å². The van der Waals surface area contributed by atoms with Gasteiger partial charge in [-0.3, -0.25) is 4.79 Å². The molecule has 0 aliphatic carbocycles. The van der Waals surface area contributed by atoms with Crippen LogP contribution in [0.5, 0.6) is 5.75 Å². The zero-order valence-electron chi connectivity index (χ0n) is 23.2. The number of morpholine rings is 1. The number of anilines is 1. The minimum atomic E-state index is -3.71. The van der Waals surface area contributed by atoms with Gasteiger partial charge in [-0.1, -0.05) is 35.9 Å². The Kier molecular flexibility index (Phi) is 7.42. The van der Waals surface area contributed by atoms with Gasteiger partial charge in [0.25, 0.3) is 5.91 Å². The number of benzene rings is 3. The molecular weight excluding hydrogens is 538 g/mol. The summed E-state index contributed by atoms with van der Waals surface area (Å²) in [7, 11) is -3.71. The van der Waals surface area contributed by atoms with Crippen molar-refractivity contribution in [2.45, 2.75) is 25.3 Å². The number of nitrogens with zero attached hydrogens (tertiary/aromatic N) is 3. The molecule has 0 atom stereocenters. The van der Waals surface area contributed by atoms with Crippen molar-refractivity contribution in [3.63, 3.8) is 0 Å². The first-order valence-corrected chi connectivity index (χ1v) is 15.3. The standard InChI is InChI=1S/C32H33N3O5S/c1-3-35-31-13-12-26(41(37,38)34-15-17-39-18-16-34)21-28(31)29(32(35)36)20-24-22-33(30-7-5-4-6-27(24)30)14-19-40-25-10-8-23(2)9-11-25/h4-13,20-22H,3,14-19H2,1-2H3. The molecule has 0 unspecified atom stereocenters. The number of carbonyl (C=O) groups excluding carboxylic acids is 1. The molecule has 2 aliphatic heterocycles. The number of para-hydroxylation sites is 1. The number of likely N-dealkylation sites (N-methyl/N-ethyl adjacent to an activating group) is 1. The van der Waals surface area contributed by atoms with Crippen LogP contribution >= 0.6 is 0 Å². The molecule has 8 nitrogen and oxygen atoms in total. The highest BCUT2D eigenvalue weighted by Crippen LogP contribution is 2.40. The molecule has 0 N–H and O–H groups in total. The Bertz CT molecular complexity index is 1730. The second-order valence-electron chi connectivity index (χ2n) is 10.3. The average Bonchev–Trinajstić information content (AvgIpc) is 3.48. The number of ether oxygens (including phenoxy) is 2. The summed E-state index contributed by atoms with van der Waals surface area (Å²) in [6, 6.07) is 21.0. The van der Waals surface area contributed by atoms with Gasteiger partial charge in [-0.25, -0.2) is 8.42 Å². The molecule has 0 bridgehead atoms. The van der Waals surface area contributed by atoms with Crippen LogP contribution in [-0.4, -0.2) is 62.7 Å². The van der Waals surface area contributed by atoms with Crippen molar-refractivity contribution in [3.8, 4) is 5.75 Å². The number of rotatable bonds is 8. The molecule has 6 rings (SSSR count). The van der Waals surface area contributed by atoms with E-state index >= 15 is 0 Å². The van der Waals surface area contributed by atoms with Gasteiger partial charge in [-0.2, -0.15) is 4.31 Å². The SMILES string of the molecule is CCN1C(=O)C(=Cc2cn(CCOc3ccc(C)cc3)c3ccccc23)c2cc(S(=O)(=O)N3CCOCC3)ccc21. The molecule has 1 saturated heterocycles. The summed E-state index contributed by atoms with van der Waals surface area (Å²) in [6.07, 6.45) is 3.92. The predicted molar refractivity (Wildman–Crippen MR) is 161 cm³/mol. The van der Waals surface area contributed by atoms with Gasteiger partial charge in [0.15, 0.2) is 0 Å². The van der Waals surface area contributed by atoms with Crippen LogP contribution in [0, 0.1) is 6.92 Å². The molecule has 1 amide bonds. The van der Waals surface area contributed by atoms with E-state index in [-0.39, 0.29) is 10.8 Å². The molecule has 212 valence electrons. The number of aryl methyl sites for hydroxylation is 1. The summed E-state index contributed by atoms with van der Waals surface area (Å²) in [6.45, 7) is 6.94. The highest BCUT2D eigenvalue weighted by molar-refractivity contribution is 7.89. The number of carbonyl (C=O) groups is 1. The van der Waals surface area contributed by atoms with E-state index in [1.54, 1.807) is 23.1 Å². The fourth-order valence-electron chi connectivity index (χ4n) is 5.51. The zero-order valence-corrected chi connectivity index (χ0v) is 24.1. The Morgan fingerprint density at radius 2 is 1.76 bits per heavy atom. The van der Waals surface area contributed by atoms with Crippen molar-refractivity contribution >= 4 is 44.2 Å². The van der Waals surface area contributed by atoms with E-state index in [1.165, 1.54) is 9.87 Å². The first-order valence-electron chi connectivity index (χ1n) is 13.9. The van der Waals surface area contributed by atoms with Crippen molar-refractivity contribution in [2.24, 2.45) is 0 Å². The van der Waals surface area contributed by atoms with E-state index in [4.69, 9.17) is 9.47 Å². The molecule has 41 heavy (non-hydrogen) atoms. The van der Waals surface area contributed by atoms with Crippen molar-refractivity contribution in [3.05, 3.63) is 89.6 Å². The molecule has 2 aliphatic rings. The monoisotopic (exact) mass is 571 g/mol. The second kappa shape index (κ2) is 11.2. The minimum absolute atomic E-state index is 0.136. The predicted octanol–water partition coefficient (Wildman–Crippen LogP) is 4.96. The highest BCUT2D eigenvalue weighted by Gasteiger charge is 2.34. The van der Waals surface area contributed by atoms with Gasteiger partial charge < -0.3 is 18.9 Å². The molecule has 4 aromatic rings. The summed E-state index contributed by atoms with van der Waals surface area (Å²) in [5.74, 6) is 0.688. The van der Waals surface area contributed by atoms with Crippen molar-refractivity contribution in [2.75, 3.05) is 44.4 Å². The molecule has 0 radical (unpaired) electrons. The van der Waals surface area contributed by atoms with Crippen LogP contribution < -0.4 is 9.64 Å². The third-order valence-electron chi connectivity index (χ3n) is 7.69. The Morgan fingerprint density at radius 3 is 2.51 bits per heavy atom. The fourth-order valence-corrected chi connectivity index (χ4v) is 6.95. The van der Waals surface area contributed by atoms with Gasteiger partial charge in [-0.05, 0) is 56.3 Å². The summed E-state index contributed by atoms with van der Waals surface area (Å²) < 4.78 is 41.7. The van der Waals surface area contributed by atoms with Crippen LogP contribution in [0.15, 0.2) is 77.8 Å². The Morgan fingerprint density at radius 1 is 1.00 bits per heavy atom. The maximum atomic E-state index is 13.6. The van der Waals surface area contributed by atoms with E-state index in [0.29, 0.717) is 57.1 Å². The molecule has 1 fully saturated rings. The lowest BCUT2D eigenvalue weighted by Gasteiger charge is -2.26. The summed E-state index contributed by atoms with van der Waals surface area (Å²) in [5, 5.41) is 1.01. The maximum absolute atomic E-state index is 13.6. The largest absolute Gasteiger partial charge is 0.492 e. The van der Waals surface area contributed by atoms with Gasteiger partial charge >= 0.3 is 0 Å². The minimum Gasteiger partial charge on any atom is -0.492 e. The summed E-state index contributed by atoms with van der Waals surface area (Å²) >= 11 is 0. The maximum Gasteiger partial charge on any atom is 0.258 e. The first-order chi connectivity index (χ1) is 19.9. The van der Waals surface area contributed by atoms with Crippen molar-refractivity contribution in [1.82, 2.24) is 8.87 Å². The summed E-state index contributed by atoms with van der Waals surface area (Å²) in [4.78, 5) is 15.5. The van der Waals surface area contributed by atoms with Gasteiger partial charge in [0.05, 0.1) is 30.3 Å². The zero-order chi connectivity index (χ0) is 28.6.